The number of carbonyl (C=O) groups is 3. The summed E-state index contributed by atoms with van der Waals surface area (Å²) in [5, 5.41) is 9.68. The molecule has 0 heterocycles. The van der Waals surface area contributed by atoms with Crippen LogP contribution in [0.5, 0.6) is 0 Å². The lowest BCUT2D eigenvalue weighted by atomic mass is 10.1. The maximum absolute atomic E-state index is 12.8. The van der Waals surface area contributed by atoms with E-state index in [-0.39, 0.29) is 38.6 Å². The number of quaternary nitrogens is 1. The molecule has 0 aromatic heterocycles. The molecule has 2 atom stereocenters. The second kappa shape index (κ2) is 56.4. The van der Waals surface area contributed by atoms with Crippen LogP contribution in [0.2, 0.25) is 0 Å². The van der Waals surface area contributed by atoms with Crippen LogP contribution in [0.4, 0.5) is 0 Å². The standard InChI is InChI=1S/C67H107NO8/c1-6-8-10-12-14-16-18-20-21-22-23-24-25-26-27-28-29-30-31-32-33-34-35-36-37-38-39-40-41-42-43-44-45-46-48-50-52-54-56-58-65(70)76-63(62-75-67(66(71)72)73-60-59-68(3,4)5)61-74-64(69)57-55-53-51-49-47-19-17-15-13-11-9-7-2/h8,10,14-17,20-21,23-24,26-27,29-30,32-33,35-36,38-39,41-42,44-45,63,67H,6-7,9,11-13,18-19,22,25,28,31,34,37,40,43,46-62H2,1-5H3/p+1/b10-8-,16-14-,17-15-,21-20-,24-23-,27-26-,30-29-,33-32-,36-35-,39-38-,42-41-,45-44-. The Hall–Kier alpha value is -4.83. The van der Waals surface area contributed by atoms with Crippen LogP contribution in [0.25, 0.3) is 0 Å². The van der Waals surface area contributed by atoms with Crippen LogP contribution >= 0.6 is 0 Å². The number of ether oxygens (including phenoxy) is 4. The summed E-state index contributed by atoms with van der Waals surface area (Å²) in [4.78, 5) is 37.3. The minimum absolute atomic E-state index is 0.175. The molecule has 9 nitrogen and oxygen atoms in total. The van der Waals surface area contributed by atoms with Crippen LogP contribution in [0, 0.1) is 0 Å². The van der Waals surface area contributed by atoms with Crippen molar-refractivity contribution in [1.82, 2.24) is 0 Å². The number of allylic oxidation sites excluding steroid dienone is 24. The molecule has 0 spiro atoms. The summed E-state index contributed by atoms with van der Waals surface area (Å²) < 4.78 is 22.8. The molecule has 1 N–H and O–H groups in total. The second-order valence-corrected chi connectivity index (χ2v) is 20.2. The largest absolute Gasteiger partial charge is 0.477 e. The van der Waals surface area contributed by atoms with E-state index in [1.807, 2.05) is 21.1 Å². The van der Waals surface area contributed by atoms with Crippen molar-refractivity contribution in [3.63, 3.8) is 0 Å². The SMILES string of the molecule is CC/C=C\C/C=C\C/C=C\C/C=C\C/C=C\C/C=C\C/C=C\C/C=C\C/C=C\C/C=C\C/C=C\CCCCCCCC(=O)OC(COC(=O)CCCCCCC/C=C\CCCCC)COC(OCC[N+](C)(C)C)C(=O)O. The van der Waals surface area contributed by atoms with Gasteiger partial charge in [-0.15, -0.1) is 0 Å². The van der Waals surface area contributed by atoms with E-state index in [4.69, 9.17) is 18.9 Å². The molecule has 0 aliphatic rings. The first-order valence-corrected chi connectivity index (χ1v) is 29.5. The van der Waals surface area contributed by atoms with Crippen molar-refractivity contribution < 1.29 is 42.9 Å². The number of nitrogens with zero attached hydrogens (tertiary/aromatic N) is 1. The van der Waals surface area contributed by atoms with Gasteiger partial charge >= 0.3 is 17.9 Å². The van der Waals surface area contributed by atoms with Crippen molar-refractivity contribution in [2.24, 2.45) is 0 Å². The molecule has 0 rings (SSSR count). The number of unbranched alkanes of at least 4 members (excludes halogenated alkanes) is 13. The fraction of sp³-hybridized carbons (Fsp3) is 0.597. The minimum Gasteiger partial charge on any atom is -0.477 e. The monoisotopic (exact) mass is 1050 g/mol. The highest BCUT2D eigenvalue weighted by Gasteiger charge is 2.25. The third-order valence-electron chi connectivity index (χ3n) is 11.8. The van der Waals surface area contributed by atoms with Gasteiger partial charge in [-0.25, -0.2) is 4.79 Å². The smallest absolute Gasteiger partial charge is 0.361 e. The van der Waals surface area contributed by atoms with Crippen LogP contribution in [-0.2, 0) is 33.3 Å². The minimum atomic E-state index is -1.53. The zero-order valence-electron chi connectivity index (χ0n) is 48.6. The molecule has 0 saturated heterocycles. The van der Waals surface area contributed by atoms with E-state index in [0.29, 0.717) is 17.4 Å². The maximum atomic E-state index is 12.8. The Morgan fingerprint density at radius 3 is 1.13 bits per heavy atom. The first kappa shape index (κ1) is 71.2. The number of carboxylic acids is 1. The molecule has 2 unspecified atom stereocenters. The summed E-state index contributed by atoms with van der Waals surface area (Å²) >= 11 is 0. The third kappa shape index (κ3) is 56.9. The number of hydrogen-bond acceptors (Lipinski definition) is 7. The Labute approximate surface area is 464 Å². The molecule has 0 amide bonds. The quantitative estimate of drug-likeness (QED) is 0.0211. The van der Waals surface area contributed by atoms with Crippen molar-refractivity contribution in [3.05, 3.63) is 146 Å². The van der Waals surface area contributed by atoms with E-state index in [1.165, 1.54) is 19.3 Å². The highest BCUT2D eigenvalue weighted by molar-refractivity contribution is 5.71. The van der Waals surface area contributed by atoms with Crippen molar-refractivity contribution in [2.45, 2.75) is 212 Å². The summed E-state index contributed by atoms with van der Waals surface area (Å²) in [6.07, 6.45) is 79.4. The van der Waals surface area contributed by atoms with E-state index in [2.05, 4.69) is 160 Å². The van der Waals surface area contributed by atoms with Crippen molar-refractivity contribution in [2.75, 3.05) is 47.5 Å². The van der Waals surface area contributed by atoms with E-state index < -0.39 is 24.3 Å². The van der Waals surface area contributed by atoms with Gasteiger partial charge < -0.3 is 28.5 Å². The average molecular weight is 1060 g/mol. The molecular weight excluding hydrogens is 947 g/mol. The van der Waals surface area contributed by atoms with Crippen molar-refractivity contribution >= 4 is 17.9 Å². The summed E-state index contributed by atoms with van der Waals surface area (Å²) in [7, 11) is 5.94. The topological polar surface area (TPSA) is 108 Å². The van der Waals surface area contributed by atoms with Gasteiger partial charge in [-0.2, -0.15) is 0 Å². The number of carbonyl (C=O) groups excluding carboxylic acids is 2. The van der Waals surface area contributed by atoms with Gasteiger partial charge in [0.2, 0.25) is 0 Å². The molecule has 0 aliphatic carbocycles. The molecule has 0 aromatic rings. The van der Waals surface area contributed by atoms with Gasteiger partial charge in [-0.3, -0.25) is 9.59 Å². The molecule has 76 heavy (non-hydrogen) atoms. The Morgan fingerprint density at radius 1 is 0.408 bits per heavy atom. The van der Waals surface area contributed by atoms with Crippen molar-refractivity contribution in [3.8, 4) is 0 Å². The molecule has 9 heteroatoms. The average Bonchev–Trinajstić information content (AvgIpc) is 3.39. The zero-order valence-corrected chi connectivity index (χ0v) is 48.6. The summed E-state index contributed by atoms with van der Waals surface area (Å²) in [6.45, 7) is 4.67. The highest BCUT2D eigenvalue weighted by atomic mass is 16.7. The fourth-order valence-electron chi connectivity index (χ4n) is 7.30. The first-order chi connectivity index (χ1) is 37.1. The van der Waals surface area contributed by atoms with Crippen LogP contribution in [-0.4, -0.2) is 87.4 Å². The Morgan fingerprint density at radius 2 is 0.750 bits per heavy atom. The predicted molar refractivity (Wildman–Crippen MR) is 322 cm³/mol. The number of carboxylic acid groups (broad SMARTS) is 1. The molecule has 0 saturated carbocycles. The van der Waals surface area contributed by atoms with Crippen LogP contribution in [0.15, 0.2) is 146 Å². The number of hydrogen-bond donors (Lipinski definition) is 1. The van der Waals surface area contributed by atoms with Gasteiger partial charge in [0.1, 0.15) is 13.2 Å². The van der Waals surface area contributed by atoms with Gasteiger partial charge in [0.15, 0.2) is 6.10 Å². The number of aliphatic carboxylic acids is 1. The summed E-state index contributed by atoms with van der Waals surface area (Å²) in [5.74, 6) is -2.06. The molecule has 428 valence electrons. The van der Waals surface area contributed by atoms with Gasteiger partial charge in [0, 0.05) is 12.8 Å². The van der Waals surface area contributed by atoms with E-state index in [0.717, 1.165) is 148 Å². The lowest BCUT2D eigenvalue weighted by Gasteiger charge is -2.25. The normalized spacial score (nSPS) is 13.9. The van der Waals surface area contributed by atoms with E-state index in [1.54, 1.807) is 0 Å². The summed E-state index contributed by atoms with van der Waals surface area (Å²) in [6, 6.07) is 0. The van der Waals surface area contributed by atoms with Crippen molar-refractivity contribution in [1.29, 1.82) is 0 Å². The molecule has 0 fully saturated rings. The third-order valence-corrected chi connectivity index (χ3v) is 11.8. The van der Waals surface area contributed by atoms with Crippen LogP contribution in [0.3, 0.4) is 0 Å². The maximum Gasteiger partial charge on any atom is 0.361 e. The van der Waals surface area contributed by atoms with E-state index >= 15 is 0 Å². The van der Waals surface area contributed by atoms with E-state index in [9.17, 15) is 19.5 Å². The number of rotatable bonds is 52. The molecule has 0 aliphatic heterocycles. The molecule has 0 radical (unpaired) electrons. The lowest BCUT2D eigenvalue weighted by molar-refractivity contribution is -0.870. The number of likely N-dealkylation sites (N-methyl/N-ethyl adjacent to an activating group) is 1. The van der Waals surface area contributed by atoms with Gasteiger partial charge in [0.05, 0.1) is 34.4 Å². The Kier molecular flexibility index (Phi) is 52.8. The van der Waals surface area contributed by atoms with Crippen LogP contribution < -0.4 is 0 Å². The lowest BCUT2D eigenvalue weighted by Crippen LogP contribution is -2.40. The first-order valence-electron chi connectivity index (χ1n) is 29.5. The second-order valence-electron chi connectivity index (χ2n) is 20.2. The Bertz CT molecular complexity index is 1750. The Balaban J connectivity index is 4.23. The highest BCUT2D eigenvalue weighted by Crippen LogP contribution is 2.13. The van der Waals surface area contributed by atoms with Gasteiger partial charge in [-0.05, 0) is 122 Å². The fourth-order valence-corrected chi connectivity index (χ4v) is 7.30. The number of esters is 2. The van der Waals surface area contributed by atoms with Gasteiger partial charge in [-0.1, -0.05) is 211 Å². The zero-order chi connectivity index (χ0) is 55.5. The van der Waals surface area contributed by atoms with Crippen LogP contribution in [0.1, 0.15) is 200 Å². The molecule has 0 bridgehead atoms. The molecule has 0 aromatic carbocycles. The predicted octanol–water partition coefficient (Wildman–Crippen LogP) is 17.6. The molecular formula is C67H108NO8+. The van der Waals surface area contributed by atoms with Gasteiger partial charge in [0.25, 0.3) is 6.29 Å². The summed E-state index contributed by atoms with van der Waals surface area (Å²) in [5.41, 5.74) is 0.